The molecule has 5 nitrogen and oxygen atoms in total. The summed E-state index contributed by atoms with van der Waals surface area (Å²) < 4.78 is 0.926. The Hall–Kier alpha value is -1.47. The molecule has 0 aliphatic carbocycles. The van der Waals surface area contributed by atoms with Crippen molar-refractivity contribution in [2.75, 3.05) is 17.2 Å². The van der Waals surface area contributed by atoms with E-state index in [1.54, 1.807) is 0 Å². The number of aromatic nitrogens is 2. The van der Waals surface area contributed by atoms with Crippen LogP contribution in [-0.4, -0.2) is 22.6 Å². The zero-order valence-electron chi connectivity index (χ0n) is 11.2. The molecule has 0 fully saturated rings. The van der Waals surface area contributed by atoms with Crippen LogP contribution in [0.2, 0.25) is 0 Å². The molecule has 0 aliphatic rings. The average molecular weight is 355 g/mol. The van der Waals surface area contributed by atoms with Crippen molar-refractivity contribution in [1.82, 2.24) is 10.2 Å². The molecular formula is C13H15BrN4OS. The molecule has 0 bridgehead atoms. The van der Waals surface area contributed by atoms with E-state index in [0.717, 1.165) is 28.7 Å². The maximum atomic E-state index is 12.1. The number of rotatable bonds is 5. The van der Waals surface area contributed by atoms with E-state index in [4.69, 9.17) is 0 Å². The van der Waals surface area contributed by atoms with Crippen LogP contribution in [0.3, 0.4) is 0 Å². The number of nitrogens with one attached hydrogen (secondary N) is 2. The van der Waals surface area contributed by atoms with Crippen molar-refractivity contribution in [3.05, 3.63) is 33.2 Å². The highest BCUT2D eigenvalue weighted by atomic mass is 79.9. The summed E-state index contributed by atoms with van der Waals surface area (Å²) in [6.45, 7) is 4.86. The van der Waals surface area contributed by atoms with Crippen molar-refractivity contribution in [3.63, 3.8) is 0 Å². The number of carbonyl (C=O) groups is 1. The van der Waals surface area contributed by atoms with Gasteiger partial charge in [0.25, 0.3) is 5.91 Å². The minimum atomic E-state index is -0.246. The van der Waals surface area contributed by atoms with Gasteiger partial charge in [-0.1, -0.05) is 34.2 Å². The molecule has 106 valence electrons. The van der Waals surface area contributed by atoms with Gasteiger partial charge in [-0.2, -0.15) is 0 Å². The molecule has 0 saturated carbocycles. The molecule has 1 heterocycles. The number of benzene rings is 1. The first-order valence-electron chi connectivity index (χ1n) is 6.24. The Morgan fingerprint density at radius 3 is 2.85 bits per heavy atom. The Labute approximate surface area is 129 Å². The number of nitrogens with zero attached hydrogens (tertiary/aromatic N) is 2. The number of halogens is 1. The summed E-state index contributed by atoms with van der Waals surface area (Å²) in [6.07, 6.45) is 0.998. The Bertz CT molecular complexity index is 594. The van der Waals surface area contributed by atoms with Crippen molar-refractivity contribution in [2.45, 2.75) is 20.3 Å². The van der Waals surface area contributed by atoms with Gasteiger partial charge in [0.05, 0.1) is 0 Å². The summed E-state index contributed by atoms with van der Waals surface area (Å²) in [4.78, 5) is 12.1. The highest BCUT2D eigenvalue weighted by molar-refractivity contribution is 9.10. The van der Waals surface area contributed by atoms with Crippen molar-refractivity contribution >= 4 is 44.0 Å². The van der Waals surface area contributed by atoms with Gasteiger partial charge in [-0.15, -0.1) is 10.2 Å². The summed E-state index contributed by atoms with van der Waals surface area (Å²) in [6, 6.07) is 5.73. The van der Waals surface area contributed by atoms with E-state index in [1.165, 1.54) is 11.3 Å². The third kappa shape index (κ3) is 4.01. The van der Waals surface area contributed by atoms with E-state index in [9.17, 15) is 4.79 Å². The molecule has 0 radical (unpaired) electrons. The quantitative estimate of drug-likeness (QED) is 0.859. The highest BCUT2D eigenvalue weighted by Gasteiger charge is 2.13. The van der Waals surface area contributed by atoms with Crippen LogP contribution in [0.1, 0.15) is 28.7 Å². The molecule has 20 heavy (non-hydrogen) atoms. The molecule has 2 N–H and O–H groups in total. The van der Waals surface area contributed by atoms with Gasteiger partial charge in [0, 0.05) is 16.7 Å². The van der Waals surface area contributed by atoms with Crippen LogP contribution in [-0.2, 0) is 0 Å². The van der Waals surface area contributed by atoms with Gasteiger partial charge in [0.15, 0.2) is 0 Å². The lowest BCUT2D eigenvalue weighted by Crippen LogP contribution is -2.11. The van der Waals surface area contributed by atoms with Crippen LogP contribution >= 0.6 is 27.3 Å². The SMILES string of the molecule is CCCNc1nnc(C(=O)Nc2cc(C)cc(Br)c2)s1. The largest absolute Gasteiger partial charge is 0.360 e. The Kier molecular flexibility index (Phi) is 5.08. The third-order valence-electron chi connectivity index (χ3n) is 2.45. The first kappa shape index (κ1) is 14.9. The summed E-state index contributed by atoms with van der Waals surface area (Å²) in [5.74, 6) is -0.246. The maximum Gasteiger partial charge on any atom is 0.286 e. The predicted octanol–water partition coefficient (Wildman–Crippen LogP) is 3.68. The van der Waals surface area contributed by atoms with Gasteiger partial charge in [-0.3, -0.25) is 4.79 Å². The summed E-state index contributed by atoms with van der Waals surface area (Å²) in [5, 5.41) is 14.8. The van der Waals surface area contributed by atoms with Crippen LogP contribution in [0, 0.1) is 6.92 Å². The van der Waals surface area contributed by atoms with Crippen LogP contribution in [0.25, 0.3) is 0 Å². The van der Waals surface area contributed by atoms with Crippen LogP contribution in [0.5, 0.6) is 0 Å². The number of aryl methyl sites for hydroxylation is 1. The average Bonchev–Trinajstić information content (AvgIpc) is 2.83. The van der Waals surface area contributed by atoms with Gasteiger partial charge >= 0.3 is 0 Å². The molecular weight excluding hydrogens is 340 g/mol. The number of amides is 1. The standard InChI is InChI=1S/C13H15BrN4OS/c1-3-4-15-13-18-17-12(20-13)11(19)16-10-6-8(2)5-9(14)7-10/h5-7H,3-4H2,1-2H3,(H,15,18)(H,16,19). The topological polar surface area (TPSA) is 66.9 Å². The lowest BCUT2D eigenvalue weighted by molar-refractivity contribution is 0.102. The number of anilines is 2. The van der Waals surface area contributed by atoms with Crippen LogP contribution < -0.4 is 10.6 Å². The van der Waals surface area contributed by atoms with Crippen molar-refractivity contribution in [3.8, 4) is 0 Å². The van der Waals surface area contributed by atoms with E-state index in [-0.39, 0.29) is 5.91 Å². The van der Waals surface area contributed by atoms with Gasteiger partial charge in [0.2, 0.25) is 10.1 Å². The molecule has 1 aromatic carbocycles. The molecule has 0 aliphatic heterocycles. The van der Waals surface area contributed by atoms with Crippen molar-refractivity contribution in [1.29, 1.82) is 0 Å². The molecule has 1 aromatic heterocycles. The van der Waals surface area contributed by atoms with Gasteiger partial charge < -0.3 is 10.6 Å². The lowest BCUT2D eigenvalue weighted by atomic mass is 10.2. The first-order chi connectivity index (χ1) is 9.58. The van der Waals surface area contributed by atoms with Crippen molar-refractivity contribution < 1.29 is 4.79 Å². The molecule has 2 rings (SSSR count). The minimum absolute atomic E-state index is 0.246. The monoisotopic (exact) mass is 354 g/mol. The smallest absolute Gasteiger partial charge is 0.286 e. The highest BCUT2D eigenvalue weighted by Crippen LogP contribution is 2.21. The minimum Gasteiger partial charge on any atom is -0.360 e. The molecule has 0 saturated heterocycles. The second-order valence-electron chi connectivity index (χ2n) is 4.31. The van der Waals surface area contributed by atoms with Gasteiger partial charge in [0.1, 0.15) is 0 Å². The zero-order valence-corrected chi connectivity index (χ0v) is 13.6. The third-order valence-corrected chi connectivity index (χ3v) is 3.78. The van der Waals surface area contributed by atoms with Crippen LogP contribution in [0.15, 0.2) is 22.7 Å². The lowest BCUT2D eigenvalue weighted by Gasteiger charge is -2.04. The van der Waals surface area contributed by atoms with Gasteiger partial charge in [-0.25, -0.2) is 0 Å². The van der Waals surface area contributed by atoms with Gasteiger partial charge in [-0.05, 0) is 37.1 Å². The normalized spacial score (nSPS) is 10.3. The molecule has 0 spiro atoms. The number of hydrogen-bond acceptors (Lipinski definition) is 5. The fourth-order valence-electron chi connectivity index (χ4n) is 1.61. The summed E-state index contributed by atoms with van der Waals surface area (Å²) >= 11 is 4.66. The fourth-order valence-corrected chi connectivity index (χ4v) is 2.88. The summed E-state index contributed by atoms with van der Waals surface area (Å²) in [5.41, 5.74) is 1.80. The molecule has 7 heteroatoms. The molecule has 0 atom stereocenters. The molecule has 0 unspecified atom stereocenters. The van der Waals surface area contributed by atoms with E-state index in [0.29, 0.717) is 10.1 Å². The zero-order chi connectivity index (χ0) is 14.5. The summed E-state index contributed by atoms with van der Waals surface area (Å²) in [7, 11) is 0. The first-order valence-corrected chi connectivity index (χ1v) is 7.85. The number of carbonyl (C=O) groups excluding carboxylic acids is 1. The second kappa shape index (κ2) is 6.81. The Morgan fingerprint density at radius 1 is 1.35 bits per heavy atom. The number of hydrogen-bond donors (Lipinski definition) is 2. The van der Waals surface area contributed by atoms with Crippen molar-refractivity contribution in [2.24, 2.45) is 0 Å². The predicted molar refractivity (Wildman–Crippen MR) is 85.5 cm³/mol. The molecule has 1 amide bonds. The second-order valence-corrected chi connectivity index (χ2v) is 6.20. The Balaban J connectivity index is 2.05. The maximum absolute atomic E-state index is 12.1. The Morgan fingerprint density at radius 2 is 2.15 bits per heavy atom. The van der Waals surface area contributed by atoms with Crippen LogP contribution in [0.4, 0.5) is 10.8 Å². The van der Waals surface area contributed by atoms with E-state index >= 15 is 0 Å². The fraction of sp³-hybridized carbons (Fsp3) is 0.308. The van der Waals surface area contributed by atoms with E-state index in [2.05, 4.69) is 43.7 Å². The molecule has 2 aromatic rings. The van der Waals surface area contributed by atoms with E-state index in [1.807, 2.05) is 25.1 Å². The van der Waals surface area contributed by atoms with E-state index < -0.39 is 0 Å².